The molecule has 2 unspecified atom stereocenters. The van der Waals surface area contributed by atoms with Gasteiger partial charge in [0.2, 0.25) is 15.6 Å². The van der Waals surface area contributed by atoms with Crippen LogP contribution >= 0.6 is 11.6 Å². The molecule has 168 valence electrons. The highest BCUT2D eigenvalue weighted by molar-refractivity contribution is 7.89. The summed E-state index contributed by atoms with van der Waals surface area (Å²) in [5.41, 5.74) is -3.61. The maximum atomic E-state index is 13.1. The van der Waals surface area contributed by atoms with Crippen molar-refractivity contribution >= 4 is 27.3 Å². The Balaban J connectivity index is 2.13. The molecule has 7 nitrogen and oxygen atoms in total. The maximum absolute atomic E-state index is 13.1. The highest BCUT2D eigenvalue weighted by Gasteiger charge is 2.54. The molecular formula is C19H19ClF3N3O4S. The van der Waals surface area contributed by atoms with Crippen LogP contribution in [0.25, 0.3) is 0 Å². The standard InChI is InChI=1S/C19H19ClF3N3O4S/c1-2-3-15(10-25-31(29,30)16-8-9-17(20)24-11-16)26-14-6-4-13(5-7-14)18(28,12-27)19(21,22)23/h4-9,11,15,25-28H,10,12H2,1H3. The molecule has 12 heteroatoms. The molecule has 0 radical (unpaired) electrons. The first kappa shape index (κ1) is 24.9. The molecule has 2 atom stereocenters. The van der Waals surface area contributed by atoms with Gasteiger partial charge in [-0.05, 0) is 36.8 Å². The van der Waals surface area contributed by atoms with E-state index in [1.807, 2.05) is 0 Å². The molecule has 2 rings (SSSR count). The van der Waals surface area contributed by atoms with Crippen LogP contribution in [0.3, 0.4) is 0 Å². The highest BCUT2D eigenvalue weighted by atomic mass is 35.5. The first-order valence-corrected chi connectivity index (χ1v) is 10.6. The molecule has 1 aromatic heterocycles. The zero-order valence-electron chi connectivity index (χ0n) is 16.1. The first-order chi connectivity index (χ1) is 14.4. The number of hydrogen-bond donors (Lipinski definition) is 4. The minimum absolute atomic E-state index is 0.0973. The number of sulfonamides is 1. The van der Waals surface area contributed by atoms with E-state index in [0.717, 1.165) is 18.3 Å². The number of benzene rings is 1. The minimum Gasteiger partial charge on any atom is -0.393 e. The van der Waals surface area contributed by atoms with Gasteiger partial charge in [0, 0.05) is 18.4 Å². The summed E-state index contributed by atoms with van der Waals surface area (Å²) in [4.78, 5) is 3.62. The summed E-state index contributed by atoms with van der Waals surface area (Å²) in [5, 5.41) is 21.8. The second-order valence-electron chi connectivity index (χ2n) is 6.35. The van der Waals surface area contributed by atoms with Crippen molar-refractivity contribution in [2.24, 2.45) is 0 Å². The predicted molar refractivity (Wildman–Crippen MR) is 109 cm³/mol. The van der Waals surface area contributed by atoms with Crippen LogP contribution in [0.1, 0.15) is 12.5 Å². The largest absolute Gasteiger partial charge is 0.423 e. The number of rotatable bonds is 8. The fourth-order valence-corrected chi connectivity index (χ4v) is 3.60. The van der Waals surface area contributed by atoms with Crippen molar-refractivity contribution in [3.05, 3.63) is 53.3 Å². The molecule has 2 aromatic rings. The number of alkyl halides is 3. The monoisotopic (exact) mass is 477 g/mol. The summed E-state index contributed by atoms with van der Waals surface area (Å²) in [7, 11) is -3.89. The summed E-state index contributed by atoms with van der Waals surface area (Å²) in [6.45, 7) is -0.148. The lowest BCUT2D eigenvalue weighted by atomic mass is 9.94. The Morgan fingerprint density at radius 1 is 1.19 bits per heavy atom. The van der Waals surface area contributed by atoms with Gasteiger partial charge in [0.1, 0.15) is 16.1 Å². The Morgan fingerprint density at radius 2 is 1.84 bits per heavy atom. The molecule has 1 heterocycles. The van der Waals surface area contributed by atoms with Crippen molar-refractivity contribution in [2.75, 3.05) is 18.5 Å². The van der Waals surface area contributed by atoms with Gasteiger partial charge in [0.05, 0.1) is 6.61 Å². The number of aliphatic hydroxyl groups excluding tert-OH is 1. The molecule has 0 saturated heterocycles. The Labute approximate surface area is 182 Å². The van der Waals surface area contributed by atoms with Crippen LogP contribution in [0.2, 0.25) is 5.15 Å². The Morgan fingerprint density at radius 3 is 2.32 bits per heavy atom. The van der Waals surface area contributed by atoms with Gasteiger partial charge in [-0.15, -0.1) is 5.92 Å². The van der Waals surface area contributed by atoms with Gasteiger partial charge < -0.3 is 15.5 Å². The van der Waals surface area contributed by atoms with Crippen LogP contribution in [-0.2, 0) is 15.6 Å². The first-order valence-electron chi connectivity index (χ1n) is 8.73. The minimum atomic E-state index is -5.07. The molecule has 0 amide bonds. The number of nitrogens with zero attached hydrogens (tertiary/aromatic N) is 1. The predicted octanol–water partition coefficient (Wildman–Crippen LogP) is 2.26. The number of hydrogen-bond acceptors (Lipinski definition) is 6. The van der Waals surface area contributed by atoms with E-state index in [0.29, 0.717) is 5.69 Å². The van der Waals surface area contributed by atoms with Crippen molar-refractivity contribution in [3.63, 3.8) is 0 Å². The summed E-state index contributed by atoms with van der Waals surface area (Å²) in [5.74, 6) is 5.39. The summed E-state index contributed by atoms with van der Waals surface area (Å²) < 4.78 is 66.2. The van der Waals surface area contributed by atoms with Crippen LogP contribution < -0.4 is 10.0 Å². The van der Waals surface area contributed by atoms with Gasteiger partial charge in [-0.2, -0.15) is 13.2 Å². The average molecular weight is 478 g/mol. The zero-order chi connectivity index (χ0) is 23.3. The second-order valence-corrected chi connectivity index (χ2v) is 8.51. The van der Waals surface area contributed by atoms with Crippen molar-refractivity contribution < 1.29 is 31.8 Å². The Hall–Kier alpha value is -2.36. The lowest BCUT2D eigenvalue weighted by Crippen LogP contribution is -2.45. The van der Waals surface area contributed by atoms with Crippen LogP contribution in [0.15, 0.2) is 47.5 Å². The van der Waals surface area contributed by atoms with E-state index in [9.17, 15) is 26.7 Å². The van der Waals surface area contributed by atoms with Crippen LogP contribution in [-0.4, -0.2) is 49.0 Å². The molecule has 0 aliphatic heterocycles. The van der Waals surface area contributed by atoms with E-state index in [1.54, 1.807) is 6.92 Å². The van der Waals surface area contributed by atoms with E-state index < -0.39 is 40.0 Å². The topological polar surface area (TPSA) is 112 Å². The van der Waals surface area contributed by atoms with E-state index in [1.165, 1.54) is 24.3 Å². The van der Waals surface area contributed by atoms with Crippen molar-refractivity contribution in [1.82, 2.24) is 9.71 Å². The quantitative estimate of drug-likeness (QED) is 0.343. The molecule has 0 aliphatic rings. The number of aliphatic hydroxyl groups is 2. The lowest BCUT2D eigenvalue weighted by Gasteiger charge is -2.29. The van der Waals surface area contributed by atoms with Crippen molar-refractivity contribution in [2.45, 2.75) is 29.6 Å². The average Bonchev–Trinajstić information content (AvgIpc) is 2.71. The summed E-state index contributed by atoms with van der Waals surface area (Å²) >= 11 is 5.65. The van der Waals surface area contributed by atoms with Crippen molar-refractivity contribution in [3.8, 4) is 11.8 Å². The Kier molecular flexibility index (Phi) is 7.91. The van der Waals surface area contributed by atoms with Crippen LogP contribution in [0, 0.1) is 11.8 Å². The molecular weight excluding hydrogens is 459 g/mol. The van der Waals surface area contributed by atoms with Crippen molar-refractivity contribution in [1.29, 1.82) is 0 Å². The molecule has 0 spiro atoms. The molecule has 1 aromatic carbocycles. The van der Waals surface area contributed by atoms with E-state index in [4.69, 9.17) is 16.7 Å². The number of anilines is 1. The van der Waals surface area contributed by atoms with E-state index in [-0.39, 0.29) is 16.6 Å². The lowest BCUT2D eigenvalue weighted by molar-refractivity contribution is -0.277. The maximum Gasteiger partial charge on any atom is 0.423 e. The van der Waals surface area contributed by atoms with Crippen LogP contribution in [0.5, 0.6) is 0 Å². The zero-order valence-corrected chi connectivity index (χ0v) is 17.7. The number of aromatic nitrogens is 1. The second kappa shape index (κ2) is 9.84. The SMILES string of the molecule is CC#CC(CNS(=O)(=O)c1ccc(Cl)nc1)Nc1ccc(C(O)(CO)C(F)(F)F)cc1. The molecule has 4 N–H and O–H groups in total. The van der Waals surface area contributed by atoms with Gasteiger partial charge in [-0.3, -0.25) is 0 Å². The van der Waals surface area contributed by atoms with Gasteiger partial charge in [-0.1, -0.05) is 29.7 Å². The molecule has 0 fully saturated rings. The molecule has 0 saturated carbocycles. The third-order valence-electron chi connectivity index (χ3n) is 4.21. The molecule has 0 aliphatic carbocycles. The number of nitrogens with one attached hydrogen (secondary N) is 2. The van der Waals surface area contributed by atoms with Gasteiger partial charge >= 0.3 is 6.18 Å². The number of pyridine rings is 1. The van der Waals surface area contributed by atoms with Gasteiger partial charge in [-0.25, -0.2) is 18.1 Å². The third-order valence-corrected chi connectivity index (χ3v) is 5.84. The Bertz CT molecular complexity index is 1050. The fourth-order valence-electron chi connectivity index (χ4n) is 2.50. The highest BCUT2D eigenvalue weighted by Crippen LogP contribution is 2.38. The third kappa shape index (κ3) is 6.09. The van der Waals surface area contributed by atoms with Gasteiger partial charge in [0.15, 0.2) is 0 Å². The van der Waals surface area contributed by atoms with E-state index >= 15 is 0 Å². The fraction of sp³-hybridized carbons (Fsp3) is 0.316. The smallest absolute Gasteiger partial charge is 0.393 e. The van der Waals surface area contributed by atoms with E-state index in [2.05, 4.69) is 26.9 Å². The summed E-state index contributed by atoms with van der Waals surface area (Å²) in [6.07, 6.45) is -3.97. The summed E-state index contributed by atoms with van der Waals surface area (Å²) in [6, 6.07) is 6.41. The normalized spacial score (nSPS) is 14.8. The molecule has 31 heavy (non-hydrogen) atoms. The number of halogens is 4. The van der Waals surface area contributed by atoms with Crippen LogP contribution in [0.4, 0.5) is 18.9 Å². The van der Waals surface area contributed by atoms with Gasteiger partial charge in [0.25, 0.3) is 0 Å². The molecule has 0 bridgehead atoms.